The summed E-state index contributed by atoms with van der Waals surface area (Å²) >= 11 is 11.9. The number of benzene rings is 2. The molecule has 0 aromatic heterocycles. The lowest BCUT2D eigenvalue weighted by atomic mass is 10.2. The Bertz CT molecular complexity index is 712. The fourth-order valence-electron chi connectivity index (χ4n) is 1.68. The molecule has 0 amide bonds. The lowest BCUT2D eigenvalue weighted by Crippen LogP contribution is -2.15. The van der Waals surface area contributed by atoms with Gasteiger partial charge in [-0.2, -0.15) is 0 Å². The first-order valence-corrected chi connectivity index (χ1v) is 7.85. The van der Waals surface area contributed by atoms with Crippen molar-refractivity contribution in [2.24, 2.45) is 0 Å². The van der Waals surface area contributed by atoms with Crippen LogP contribution in [0.25, 0.3) is 0 Å². The number of halogens is 2. The van der Waals surface area contributed by atoms with Gasteiger partial charge in [0.15, 0.2) is 0 Å². The van der Waals surface area contributed by atoms with Gasteiger partial charge >= 0.3 is 0 Å². The molecule has 0 saturated heterocycles. The first-order chi connectivity index (χ1) is 9.45. The SMILES string of the molecule is O=S(=O)(Nc1c(Cl)cccc1Cl)c1ccccc1CO. The van der Waals surface area contributed by atoms with Gasteiger partial charge in [0.2, 0.25) is 0 Å². The van der Waals surface area contributed by atoms with Gasteiger partial charge in [-0.3, -0.25) is 4.72 Å². The Morgan fingerprint density at radius 3 is 2.20 bits per heavy atom. The summed E-state index contributed by atoms with van der Waals surface area (Å²) < 4.78 is 27.0. The number of sulfonamides is 1. The highest BCUT2D eigenvalue weighted by Crippen LogP contribution is 2.32. The van der Waals surface area contributed by atoms with Gasteiger partial charge in [0.05, 0.1) is 27.2 Å². The number of aliphatic hydroxyl groups excluding tert-OH is 1. The molecule has 0 radical (unpaired) electrons. The zero-order chi connectivity index (χ0) is 14.8. The molecule has 2 N–H and O–H groups in total. The molecule has 7 heteroatoms. The Morgan fingerprint density at radius 2 is 1.60 bits per heavy atom. The molecule has 106 valence electrons. The van der Waals surface area contributed by atoms with Crippen LogP contribution in [-0.2, 0) is 16.6 Å². The van der Waals surface area contributed by atoms with Crippen molar-refractivity contribution >= 4 is 38.9 Å². The quantitative estimate of drug-likeness (QED) is 0.903. The largest absolute Gasteiger partial charge is 0.392 e. The van der Waals surface area contributed by atoms with E-state index in [1.807, 2.05) is 0 Å². The summed E-state index contributed by atoms with van der Waals surface area (Å²) in [6, 6.07) is 10.8. The van der Waals surface area contributed by atoms with Crippen molar-refractivity contribution in [2.75, 3.05) is 4.72 Å². The van der Waals surface area contributed by atoms with E-state index in [-0.39, 0.29) is 27.2 Å². The van der Waals surface area contributed by atoms with Crippen molar-refractivity contribution in [3.63, 3.8) is 0 Å². The third-order valence-corrected chi connectivity index (χ3v) is 4.71. The summed E-state index contributed by atoms with van der Waals surface area (Å²) in [7, 11) is -3.88. The smallest absolute Gasteiger partial charge is 0.262 e. The van der Waals surface area contributed by atoms with Crippen LogP contribution >= 0.6 is 23.2 Å². The van der Waals surface area contributed by atoms with E-state index < -0.39 is 10.0 Å². The van der Waals surface area contributed by atoms with Crippen LogP contribution in [-0.4, -0.2) is 13.5 Å². The van der Waals surface area contributed by atoms with Gasteiger partial charge < -0.3 is 5.11 Å². The Kier molecular flexibility index (Phi) is 4.55. The molecular weight excluding hydrogens is 321 g/mol. The summed E-state index contributed by atoms with van der Waals surface area (Å²) in [6.45, 7) is -0.382. The summed E-state index contributed by atoms with van der Waals surface area (Å²) in [5, 5.41) is 9.61. The van der Waals surface area contributed by atoms with E-state index in [0.29, 0.717) is 5.56 Å². The Balaban J connectivity index is 2.47. The number of rotatable bonds is 4. The third kappa shape index (κ3) is 3.07. The molecule has 2 rings (SSSR count). The molecule has 0 unspecified atom stereocenters. The van der Waals surface area contributed by atoms with E-state index >= 15 is 0 Å². The minimum atomic E-state index is -3.88. The van der Waals surface area contributed by atoms with Gasteiger partial charge in [-0.1, -0.05) is 47.5 Å². The van der Waals surface area contributed by atoms with Crippen molar-refractivity contribution in [2.45, 2.75) is 11.5 Å². The zero-order valence-electron chi connectivity index (χ0n) is 10.2. The van der Waals surface area contributed by atoms with Crippen molar-refractivity contribution in [3.05, 3.63) is 58.1 Å². The molecule has 0 saturated carbocycles. The monoisotopic (exact) mass is 331 g/mol. The summed E-state index contributed by atoms with van der Waals surface area (Å²) in [5.41, 5.74) is 0.409. The van der Waals surface area contributed by atoms with Gasteiger partial charge in [-0.25, -0.2) is 8.42 Å². The normalized spacial score (nSPS) is 11.3. The minimum absolute atomic E-state index is 0.0153. The van der Waals surface area contributed by atoms with E-state index in [0.717, 1.165) is 0 Å². The molecule has 0 bridgehead atoms. The average molecular weight is 332 g/mol. The van der Waals surface area contributed by atoms with Crippen LogP contribution in [0, 0.1) is 0 Å². The average Bonchev–Trinajstić information content (AvgIpc) is 2.43. The van der Waals surface area contributed by atoms with Crippen LogP contribution in [0.3, 0.4) is 0 Å². The predicted octanol–water partition coefficient (Wildman–Crippen LogP) is 3.29. The lowest BCUT2D eigenvalue weighted by molar-refractivity contribution is 0.278. The molecule has 0 fully saturated rings. The second-order valence-electron chi connectivity index (χ2n) is 3.97. The first-order valence-electron chi connectivity index (χ1n) is 5.61. The van der Waals surface area contributed by atoms with E-state index in [2.05, 4.69) is 4.72 Å². The number of aliphatic hydroxyl groups is 1. The number of anilines is 1. The van der Waals surface area contributed by atoms with Crippen molar-refractivity contribution in [1.29, 1.82) is 0 Å². The van der Waals surface area contributed by atoms with Crippen LogP contribution in [0.5, 0.6) is 0 Å². The maximum absolute atomic E-state index is 12.3. The van der Waals surface area contributed by atoms with Gasteiger partial charge in [0.25, 0.3) is 10.0 Å². The molecule has 4 nitrogen and oxygen atoms in total. The minimum Gasteiger partial charge on any atom is -0.392 e. The molecule has 0 aliphatic rings. The fraction of sp³-hybridized carbons (Fsp3) is 0.0769. The summed E-state index contributed by atoms with van der Waals surface area (Å²) in [5.74, 6) is 0. The molecule has 2 aromatic rings. The van der Waals surface area contributed by atoms with Gasteiger partial charge in [-0.15, -0.1) is 0 Å². The highest BCUT2D eigenvalue weighted by molar-refractivity contribution is 7.92. The van der Waals surface area contributed by atoms with Crippen LogP contribution in [0.15, 0.2) is 47.4 Å². The molecule has 0 aliphatic carbocycles. The van der Waals surface area contributed by atoms with Gasteiger partial charge in [-0.05, 0) is 23.8 Å². The van der Waals surface area contributed by atoms with E-state index in [9.17, 15) is 13.5 Å². The van der Waals surface area contributed by atoms with Crippen molar-refractivity contribution in [1.82, 2.24) is 0 Å². The highest BCUT2D eigenvalue weighted by atomic mass is 35.5. The van der Waals surface area contributed by atoms with Crippen LogP contribution < -0.4 is 4.72 Å². The van der Waals surface area contributed by atoms with Crippen LogP contribution in [0.1, 0.15) is 5.56 Å². The number of hydrogen-bond acceptors (Lipinski definition) is 3. The van der Waals surface area contributed by atoms with Crippen molar-refractivity contribution in [3.8, 4) is 0 Å². The van der Waals surface area contributed by atoms with Crippen molar-refractivity contribution < 1.29 is 13.5 Å². The highest BCUT2D eigenvalue weighted by Gasteiger charge is 2.20. The van der Waals surface area contributed by atoms with Gasteiger partial charge in [0, 0.05) is 0 Å². The van der Waals surface area contributed by atoms with E-state index in [1.165, 1.54) is 24.3 Å². The Labute approximate surface area is 127 Å². The van der Waals surface area contributed by atoms with Gasteiger partial charge in [0.1, 0.15) is 0 Å². The second-order valence-corrected chi connectivity index (χ2v) is 6.43. The lowest BCUT2D eigenvalue weighted by Gasteiger charge is -2.13. The van der Waals surface area contributed by atoms with E-state index in [1.54, 1.807) is 18.2 Å². The Morgan fingerprint density at radius 1 is 1.00 bits per heavy atom. The maximum Gasteiger partial charge on any atom is 0.262 e. The standard InChI is InChI=1S/C13H11Cl2NO3S/c14-10-5-3-6-11(15)13(10)16-20(18,19)12-7-2-1-4-9(12)8-17/h1-7,16-17H,8H2. The Hall–Kier alpha value is -1.27. The number of hydrogen-bond donors (Lipinski definition) is 2. The summed E-state index contributed by atoms with van der Waals surface area (Å²) in [4.78, 5) is -0.0153. The molecule has 20 heavy (non-hydrogen) atoms. The topological polar surface area (TPSA) is 66.4 Å². The second kappa shape index (κ2) is 6.01. The van der Waals surface area contributed by atoms with E-state index in [4.69, 9.17) is 23.2 Å². The number of para-hydroxylation sites is 1. The number of nitrogens with one attached hydrogen (secondary N) is 1. The molecule has 0 atom stereocenters. The molecular formula is C13H11Cl2NO3S. The molecule has 2 aromatic carbocycles. The maximum atomic E-state index is 12.3. The third-order valence-electron chi connectivity index (χ3n) is 2.63. The predicted molar refractivity (Wildman–Crippen MR) is 79.6 cm³/mol. The molecule has 0 spiro atoms. The van der Waals surface area contributed by atoms with Crippen LogP contribution in [0.2, 0.25) is 10.0 Å². The first kappa shape index (κ1) is 15.1. The fourth-order valence-corrected chi connectivity index (χ4v) is 3.62. The molecule has 0 heterocycles. The van der Waals surface area contributed by atoms with Crippen LogP contribution in [0.4, 0.5) is 5.69 Å². The summed E-state index contributed by atoms with van der Waals surface area (Å²) in [6.07, 6.45) is 0. The molecule has 0 aliphatic heterocycles. The zero-order valence-corrected chi connectivity index (χ0v) is 12.5.